The average molecular weight is 351 g/mol. The molecule has 0 fully saturated rings. The van der Waals surface area contributed by atoms with Crippen LogP contribution in [-0.2, 0) is 6.42 Å². The zero-order valence-corrected chi connectivity index (χ0v) is 15.1. The number of aromatic nitrogens is 5. The summed E-state index contributed by atoms with van der Waals surface area (Å²) in [7, 11) is 3.84. The second-order valence-corrected chi connectivity index (χ2v) is 6.72. The molecule has 3 aromatic heterocycles. The lowest BCUT2D eigenvalue weighted by atomic mass is 9.92. The molecule has 1 unspecified atom stereocenters. The Labute approximate surface area is 151 Å². The number of carbonyl (C=O) groups is 1. The third kappa shape index (κ3) is 2.77. The van der Waals surface area contributed by atoms with Crippen LogP contribution in [0, 0.1) is 6.92 Å². The molecule has 3 heterocycles. The van der Waals surface area contributed by atoms with Crippen molar-refractivity contribution in [3.63, 3.8) is 0 Å². The van der Waals surface area contributed by atoms with E-state index in [9.17, 15) is 4.79 Å². The Morgan fingerprint density at radius 1 is 1.31 bits per heavy atom. The molecule has 0 aromatic carbocycles. The molecule has 3 aromatic rings. The van der Waals surface area contributed by atoms with Crippen molar-refractivity contribution < 1.29 is 4.79 Å². The third-order valence-electron chi connectivity index (χ3n) is 4.67. The molecule has 0 bridgehead atoms. The van der Waals surface area contributed by atoms with Crippen molar-refractivity contribution in [3.8, 4) is 0 Å². The van der Waals surface area contributed by atoms with E-state index < -0.39 is 0 Å². The van der Waals surface area contributed by atoms with Crippen LogP contribution in [0.2, 0.25) is 0 Å². The molecule has 4 rings (SSSR count). The molecule has 0 spiro atoms. The molecule has 1 amide bonds. The summed E-state index contributed by atoms with van der Waals surface area (Å²) in [5.41, 5.74) is 3.19. The summed E-state index contributed by atoms with van der Waals surface area (Å²) < 4.78 is 1.72. The second-order valence-electron chi connectivity index (χ2n) is 6.72. The first-order valence-electron chi connectivity index (χ1n) is 8.68. The summed E-state index contributed by atoms with van der Waals surface area (Å²) >= 11 is 0. The van der Waals surface area contributed by atoms with E-state index in [-0.39, 0.29) is 11.9 Å². The zero-order valence-electron chi connectivity index (χ0n) is 15.1. The van der Waals surface area contributed by atoms with Crippen LogP contribution >= 0.6 is 0 Å². The van der Waals surface area contributed by atoms with Crippen LogP contribution in [0.5, 0.6) is 0 Å². The summed E-state index contributed by atoms with van der Waals surface area (Å²) in [5.74, 6) is 1.06. The molecule has 0 radical (unpaired) electrons. The second kappa shape index (κ2) is 6.36. The quantitative estimate of drug-likeness (QED) is 0.773. The highest BCUT2D eigenvalue weighted by Crippen LogP contribution is 2.29. The van der Waals surface area contributed by atoms with Gasteiger partial charge in [-0.3, -0.25) is 9.20 Å². The number of anilines is 1. The molecule has 8 heteroatoms. The standard InChI is InChI=1S/C18H21N7O/c1-11-15(25-9-5-8-19-18(25)21-11)16(26)22-13-6-4-7-14-12(13)10-20-17(23-14)24(2)3/h5,8-10,13H,4,6-7H2,1-3H3,(H,22,26). The van der Waals surface area contributed by atoms with Crippen molar-refractivity contribution in [1.82, 2.24) is 29.7 Å². The van der Waals surface area contributed by atoms with E-state index in [1.807, 2.05) is 32.1 Å². The highest BCUT2D eigenvalue weighted by atomic mass is 16.2. The Balaban J connectivity index is 1.64. The minimum Gasteiger partial charge on any atom is -0.347 e. The van der Waals surface area contributed by atoms with Crippen LogP contribution in [0.25, 0.3) is 5.78 Å². The van der Waals surface area contributed by atoms with E-state index in [2.05, 4.69) is 25.3 Å². The van der Waals surface area contributed by atoms with Crippen molar-refractivity contribution in [2.75, 3.05) is 19.0 Å². The van der Waals surface area contributed by atoms with Gasteiger partial charge in [-0.2, -0.15) is 0 Å². The van der Waals surface area contributed by atoms with Crippen molar-refractivity contribution >= 4 is 17.6 Å². The van der Waals surface area contributed by atoms with Gasteiger partial charge in [-0.15, -0.1) is 0 Å². The molecule has 26 heavy (non-hydrogen) atoms. The first-order valence-corrected chi connectivity index (χ1v) is 8.68. The molecule has 0 aliphatic heterocycles. The van der Waals surface area contributed by atoms with Crippen LogP contribution in [0.4, 0.5) is 5.95 Å². The van der Waals surface area contributed by atoms with E-state index >= 15 is 0 Å². The average Bonchev–Trinajstić information content (AvgIpc) is 2.97. The minimum absolute atomic E-state index is 0.0934. The van der Waals surface area contributed by atoms with E-state index in [4.69, 9.17) is 0 Å². The van der Waals surface area contributed by atoms with E-state index in [0.29, 0.717) is 23.1 Å². The van der Waals surface area contributed by atoms with Crippen molar-refractivity contribution in [2.45, 2.75) is 32.2 Å². The Morgan fingerprint density at radius 2 is 2.15 bits per heavy atom. The fraction of sp³-hybridized carbons (Fsp3) is 0.389. The number of nitrogens with zero attached hydrogens (tertiary/aromatic N) is 6. The molecule has 1 aliphatic carbocycles. The predicted molar refractivity (Wildman–Crippen MR) is 97.2 cm³/mol. The lowest BCUT2D eigenvalue weighted by Gasteiger charge is -2.26. The van der Waals surface area contributed by atoms with Gasteiger partial charge in [0.05, 0.1) is 17.4 Å². The van der Waals surface area contributed by atoms with E-state index in [1.54, 1.807) is 22.9 Å². The molecule has 134 valence electrons. The number of nitrogens with one attached hydrogen (secondary N) is 1. The van der Waals surface area contributed by atoms with Gasteiger partial charge in [0.2, 0.25) is 11.7 Å². The van der Waals surface area contributed by atoms with Gasteiger partial charge in [0.25, 0.3) is 5.91 Å². The molecule has 0 saturated heterocycles. The van der Waals surface area contributed by atoms with Gasteiger partial charge in [0, 0.05) is 38.2 Å². The summed E-state index contributed by atoms with van der Waals surface area (Å²) in [6.45, 7) is 1.82. The lowest BCUT2D eigenvalue weighted by Crippen LogP contribution is -2.33. The topological polar surface area (TPSA) is 88.3 Å². The summed E-state index contributed by atoms with van der Waals surface area (Å²) in [4.78, 5) is 32.4. The van der Waals surface area contributed by atoms with Gasteiger partial charge in [-0.25, -0.2) is 19.9 Å². The molecule has 1 N–H and O–H groups in total. The first kappa shape index (κ1) is 16.4. The molecular weight excluding hydrogens is 330 g/mol. The number of amides is 1. The highest BCUT2D eigenvalue weighted by Gasteiger charge is 2.26. The number of fused-ring (bicyclic) bond motifs is 2. The van der Waals surface area contributed by atoms with Crippen LogP contribution in [-0.4, -0.2) is 44.3 Å². The van der Waals surface area contributed by atoms with E-state index in [1.165, 1.54) is 0 Å². The maximum atomic E-state index is 12.9. The number of hydrogen-bond acceptors (Lipinski definition) is 6. The maximum Gasteiger partial charge on any atom is 0.270 e. The van der Waals surface area contributed by atoms with Crippen LogP contribution in [0.15, 0.2) is 24.7 Å². The fourth-order valence-electron chi connectivity index (χ4n) is 3.40. The van der Waals surface area contributed by atoms with Gasteiger partial charge in [0.1, 0.15) is 5.69 Å². The molecule has 0 saturated carbocycles. The highest BCUT2D eigenvalue weighted by molar-refractivity contribution is 5.94. The van der Waals surface area contributed by atoms with Crippen LogP contribution < -0.4 is 10.2 Å². The van der Waals surface area contributed by atoms with Crippen molar-refractivity contribution in [2.24, 2.45) is 0 Å². The normalized spacial score (nSPS) is 16.3. The van der Waals surface area contributed by atoms with Gasteiger partial charge in [-0.1, -0.05) is 0 Å². The molecular formula is C18H21N7O. The summed E-state index contributed by atoms with van der Waals surface area (Å²) in [6.07, 6.45) is 8.07. The minimum atomic E-state index is -0.155. The maximum absolute atomic E-state index is 12.9. The van der Waals surface area contributed by atoms with Gasteiger partial charge in [0.15, 0.2) is 0 Å². The third-order valence-corrected chi connectivity index (χ3v) is 4.67. The van der Waals surface area contributed by atoms with Crippen LogP contribution in [0.1, 0.15) is 46.3 Å². The first-order chi connectivity index (χ1) is 12.5. The van der Waals surface area contributed by atoms with Crippen LogP contribution in [0.3, 0.4) is 0 Å². The van der Waals surface area contributed by atoms with Gasteiger partial charge >= 0.3 is 0 Å². The number of imidazole rings is 1. The Kier molecular flexibility index (Phi) is 4.02. The smallest absolute Gasteiger partial charge is 0.270 e. The zero-order chi connectivity index (χ0) is 18.3. The predicted octanol–water partition coefficient (Wildman–Crippen LogP) is 1.70. The summed E-state index contributed by atoms with van der Waals surface area (Å²) in [6, 6.07) is 1.70. The van der Waals surface area contributed by atoms with Gasteiger partial charge < -0.3 is 10.2 Å². The van der Waals surface area contributed by atoms with E-state index in [0.717, 1.165) is 30.5 Å². The number of rotatable bonds is 3. The molecule has 8 nitrogen and oxygen atoms in total. The van der Waals surface area contributed by atoms with Gasteiger partial charge in [-0.05, 0) is 32.3 Å². The SMILES string of the molecule is Cc1nc2ncccn2c1C(=O)NC1CCCc2nc(N(C)C)ncc21. The Bertz CT molecular complexity index is 979. The fourth-order valence-corrected chi connectivity index (χ4v) is 3.40. The van der Waals surface area contributed by atoms with Crippen molar-refractivity contribution in [3.05, 3.63) is 47.3 Å². The number of aryl methyl sites for hydroxylation is 2. The monoisotopic (exact) mass is 351 g/mol. The van der Waals surface area contributed by atoms with Crippen molar-refractivity contribution in [1.29, 1.82) is 0 Å². The number of hydrogen-bond donors (Lipinski definition) is 1. The summed E-state index contributed by atoms with van der Waals surface area (Å²) in [5, 5.41) is 3.14. The Morgan fingerprint density at radius 3 is 2.96 bits per heavy atom. The Hall–Kier alpha value is -3.03. The molecule has 1 aliphatic rings. The largest absolute Gasteiger partial charge is 0.347 e. The lowest BCUT2D eigenvalue weighted by molar-refractivity contribution is 0.0926. The number of carbonyl (C=O) groups excluding carboxylic acids is 1. The molecule has 1 atom stereocenters.